The molecule has 0 aromatic carbocycles. The fourth-order valence-corrected chi connectivity index (χ4v) is 4.68. The van der Waals surface area contributed by atoms with Gasteiger partial charge in [-0.2, -0.15) is 0 Å². The first-order valence-corrected chi connectivity index (χ1v) is 10.9. The molecule has 2 aliphatic rings. The van der Waals surface area contributed by atoms with Crippen molar-refractivity contribution in [2.24, 2.45) is 0 Å². The molecular weight excluding hydrogens is 372 g/mol. The fourth-order valence-electron chi connectivity index (χ4n) is 3.82. The molecule has 2 aromatic rings. The highest BCUT2D eigenvalue weighted by Crippen LogP contribution is 2.21. The first-order valence-electron chi connectivity index (χ1n) is 10.0. The monoisotopic (exact) mass is 400 g/mol. The van der Waals surface area contributed by atoms with E-state index < -0.39 is 0 Å². The van der Waals surface area contributed by atoms with Crippen LogP contribution in [0.3, 0.4) is 0 Å². The van der Waals surface area contributed by atoms with Gasteiger partial charge in [0.25, 0.3) is 0 Å². The third-order valence-corrected chi connectivity index (χ3v) is 6.45. The van der Waals surface area contributed by atoms with Crippen LogP contribution in [0.25, 0.3) is 0 Å². The Bertz CT molecular complexity index is 774. The molecule has 0 saturated carbocycles. The smallest absolute Gasteiger partial charge is 0.236 e. The quantitative estimate of drug-likeness (QED) is 0.779. The van der Waals surface area contributed by atoms with Crippen molar-refractivity contribution >= 4 is 28.2 Å². The van der Waals surface area contributed by atoms with Crippen molar-refractivity contribution in [1.82, 2.24) is 19.8 Å². The third-order valence-electron chi connectivity index (χ3n) is 5.43. The van der Waals surface area contributed by atoms with Crippen molar-refractivity contribution in [2.45, 2.75) is 13.3 Å². The fraction of sp³-hybridized carbons (Fsp3) is 0.550. The molecule has 0 bridgehead atoms. The Morgan fingerprint density at radius 1 is 1.04 bits per heavy atom. The van der Waals surface area contributed by atoms with Gasteiger partial charge in [-0.25, -0.2) is 9.97 Å². The lowest BCUT2D eigenvalue weighted by molar-refractivity contribution is -0.132. The van der Waals surface area contributed by atoms with Gasteiger partial charge in [0.2, 0.25) is 5.91 Å². The van der Waals surface area contributed by atoms with Crippen LogP contribution in [0.4, 0.5) is 10.9 Å². The number of pyridine rings is 1. The minimum atomic E-state index is 0.249. The van der Waals surface area contributed by atoms with Crippen molar-refractivity contribution in [3.63, 3.8) is 0 Å². The third kappa shape index (κ3) is 4.62. The molecule has 0 aliphatic carbocycles. The first-order chi connectivity index (χ1) is 13.7. The molecule has 2 fully saturated rings. The molecule has 0 atom stereocenters. The van der Waals surface area contributed by atoms with E-state index in [9.17, 15) is 4.79 Å². The maximum absolute atomic E-state index is 12.8. The number of piperazine rings is 1. The van der Waals surface area contributed by atoms with Gasteiger partial charge in [-0.3, -0.25) is 9.69 Å². The predicted octanol–water partition coefficient (Wildman–Crippen LogP) is 1.71. The largest absolute Gasteiger partial charge is 0.353 e. The first kappa shape index (κ1) is 19.1. The number of aryl methyl sites for hydroxylation is 1. The second-order valence-corrected chi connectivity index (χ2v) is 8.28. The summed E-state index contributed by atoms with van der Waals surface area (Å²) < 4.78 is 0. The van der Waals surface area contributed by atoms with Crippen molar-refractivity contribution in [1.29, 1.82) is 0 Å². The summed E-state index contributed by atoms with van der Waals surface area (Å²) in [6.07, 6.45) is 2.89. The molecule has 0 spiro atoms. The zero-order valence-corrected chi connectivity index (χ0v) is 17.3. The molecule has 7 nitrogen and oxygen atoms in total. The molecule has 150 valence electrons. The molecule has 4 rings (SSSR count). The van der Waals surface area contributed by atoms with Gasteiger partial charge in [-0.15, -0.1) is 11.3 Å². The standard InChI is InChI=1S/C20H28N6OS/c1-17-16-28-20(22-17)26-8-4-7-23(9-10-26)15-19(27)25-13-11-24(12-14-25)18-5-2-3-6-21-18/h2-3,5-6,16H,4,7-15H2,1H3. The van der Waals surface area contributed by atoms with Gasteiger partial charge in [0.05, 0.1) is 12.2 Å². The molecule has 0 unspecified atom stereocenters. The second kappa shape index (κ2) is 8.87. The molecule has 1 amide bonds. The zero-order valence-electron chi connectivity index (χ0n) is 16.5. The lowest BCUT2D eigenvalue weighted by Crippen LogP contribution is -2.51. The average molecular weight is 401 g/mol. The van der Waals surface area contributed by atoms with Gasteiger partial charge in [0.1, 0.15) is 5.82 Å². The number of thiazole rings is 1. The van der Waals surface area contributed by atoms with Crippen molar-refractivity contribution in [3.05, 3.63) is 35.5 Å². The summed E-state index contributed by atoms with van der Waals surface area (Å²) in [6, 6.07) is 5.97. The van der Waals surface area contributed by atoms with Crippen molar-refractivity contribution < 1.29 is 4.79 Å². The van der Waals surface area contributed by atoms with E-state index in [1.54, 1.807) is 11.3 Å². The van der Waals surface area contributed by atoms with Crippen LogP contribution in [0.5, 0.6) is 0 Å². The van der Waals surface area contributed by atoms with E-state index in [0.717, 1.165) is 75.4 Å². The van der Waals surface area contributed by atoms with Gasteiger partial charge in [-0.05, 0) is 25.5 Å². The number of hydrogen-bond acceptors (Lipinski definition) is 7. The Kier molecular flexibility index (Phi) is 6.07. The van der Waals surface area contributed by atoms with Crippen LogP contribution in [0.1, 0.15) is 12.1 Å². The molecule has 8 heteroatoms. The predicted molar refractivity (Wildman–Crippen MR) is 113 cm³/mol. The second-order valence-electron chi connectivity index (χ2n) is 7.44. The summed E-state index contributed by atoms with van der Waals surface area (Å²) >= 11 is 1.71. The van der Waals surface area contributed by atoms with Gasteiger partial charge in [0, 0.05) is 63.9 Å². The summed E-state index contributed by atoms with van der Waals surface area (Å²) in [5, 5.41) is 3.21. The van der Waals surface area contributed by atoms with Crippen LogP contribution in [-0.2, 0) is 4.79 Å². The van der Waals surface area contributed by atoms with Gasteiger partial charge in [-0.1, -0.05) is 6.07 Å². The molecular formula is C20H28N6OS. The molecule has 28 heavy (non-hydrogen) atoms. The number of anilines is 2. The Balaban J connectivity index is 1.25. The molecule has 0 N–H and O–H groups in total. The highest BCUT2D eigenvalue weighted by molar-refractivity contribution is 7.13. The summed E-state index contributed by atoms with van der Waals surface area (Å²) in [6.45, 7) is 9.64. The lowest BCUT2D eigenvalue weighted by Gasteiger charge is -2.36. The van der Waals surface area contributed by atoms with E-state index in [1.165, 1.54) is 0 Å². The Morgan fingerprint density at radius 3 is 2.57 bits per heavy atom. The number of carbonyl (C=O) groups excluding carboxylic acids is 1. The summed E-state index contributed by atoms with van der Waals surface area (Å²) in [5.41, 5.74) is 1.08. The average Bonchev–Trinajstić information content (AvgIpc) is 3.03. The van der Waals surface area contributed by atoms with Crippen LogP contribution in [0.2, 0.25) is 0 Å². The Morgan fingerprint density at radius 2 is 1.86 bits per heavy atom. The number of carbonyl (C=O) groups is 1. The number of nitrogens with zero attached hydrogens (tertiary/aromatic N) is 6. The SMILES string of the molecule is Cc1csc(N2CCCN(CC(=O)N3CCN(c4ccccn4)CC3)CC2)n1. The van der Waals surface area contributed by atoms with E-state index >= 15 is 0 Å². The van der Waals surface area contributed by atoms with E-state index in [4.69, 9.17) is 0 Å². The Hall–Kier alpha value is -2.19. The number of aromatic nitrogens is 2. The zero-order chi connectivity index (χ0) is 19.3. The van der Waals surface area contributed by atoms with E-state index in [2.05, 4.69) is 30.0 Å². The summed E-state index contributed by atoms with van der Waals surface area (Å²) in [4.78, 5) is 30.7. The maximum Gasteiger partial charge on any atom is 0.236 e. The van der Waals surface area contributed by atoms with Crippen LogP contribution in [0.15, 0.2) is 29.8 Å². The number of hydrogen-bond donors (Lipinski definition) is 0. The summed E-state index contributed by atoms with van der Waals surface area (Å²) in [5.74, 6) is 1.25. The lowest BCUT2D eigenvalue weighted by atomic mass is 10.3. The maximum atomic E-state index is 12.8. The minimum absolute atomic E-state index is 0.249. The molecule has 0 radical (unpaired) electrons. The van der Waals surface area contributed by atoms with Crippen molar-refractivity contribution in [2.75, 3.05) is 68.7 Å². The van der Waals surface area contributed by atoms with E-state index in [-0.39, 0.29) is 5.91 Å². The number of rotatable bonds is 4. The van der Waals surface area contributed by atoms with Crippen LogP contribution in [0, 0.1) is 6.92 Å². The minimum Gasteiger partial charge on any atom is -0.353 e. The molecule has 2 aliphatic heterocycles. The Labute approximate surface area is 170 Å². The highest BCUT2D eigenvalue weighted by Gasteiger charge is 2.24. The van der Waals surface area contributed by atoms with E-state index in [1.807, 2.05) is 36.2 Å². The van der Waals surface area contributed by atoms with Gasteiger partial charge in [0.15, 0.2) is 5.13 Å². The van der Waals surface area contributed by atoms with Crippen LogP contribution >= 0.6 is 11.3 Å². The topological polar surface area (TPSA) is 55.8 Å². The molecule has 4 heterocycles. The summed E-state index contributed by atoms with van der Waals surface area (Å²) in [7, 11) is 0. The highest BCUT2D eigenvalue weighted by atomic mass is 32.1. The van der Waals surface area contributed by atoms with Crippen molar-refractivity contribution in [3.8, 4) is 0 Å². The normalized spacial score (nSPS) is 19.0. The van der Waals surface area contributed by atoms with Crippen LogP contribution < -0.4 is 9.80 Å². The van der Waals surface area contributed by atoms with Gasteiger partial charge >= 0.3 is 0 Å². The van der Waals surface area contributed by atoms with E-state index in [0.29, 0.717) is 6.54 Å². The number of amides is 1. The van der Waals surface area contributed by atoms with Gasteiger partial charge < -0.3 is 14.7 Å². The molecule has 2 saturated heterocycles. The molecule has 2 aromatic heterocycles. The van der Waals surface area contributed by atoms with Crippen LogP contribution in [-0.4, -0.2) is 84.6 Å².